The fourth-order valence-electron chi connectivity index (χ4n) is 2.70. The lowest BCUT2D eigenvalue weighted by molar-refractivity contribution is -0.166. The topological polar surface area (TPSA) is 89.2 Å². The molecule has 26 heavy (non-hydrogen) atoms. The monoisotopic (exact) mass is 391 g/mol. The van der Waals surface area contributed by atoms with Gasteiger partial charge in [-0.15, -0.1) is 0 Å². The third-order valence-corrected chi connectivity index (χ3v) is 4.56. The van der Waals surface area contributed by atoms with E-state index in [-0.39, 0.29) is 18.5 Å². The van der Waals surface area contributed by atoms with Crippen molar-refractivity contribution >= 4 is 35.1 Å². The minimum Gasteiger partial charge on any atom is -0.368 e. The Morgan fingerprint density at radius 3 is 2.42 bits per heavy atom. The second kappa shape index (κ2) is 7.15. The van der Waals surface area contributed by atoms with E-state index in [1.54, 1.807) is 6.07 Å². The van der Waals surface area contributed by atoms with Gasteiger partial charge in [0.05, 0.1) is 0 Å². The highest BCUT2D eigenvalue weighted by atomic mass is 35.5. The van der Waals surface area contributed by atoms with Crippen molar-refractivity contribution in [2.24, 2.45) is 21.5 Å². The van der Waals surface area contributed by atoms with E-state index in [0.717, 1.165) is 16.7 Å². The van der Waals surface area contributed by atoms with Gasteiger partial charge in [-0.05, 0) is 37.1 Å². The van der Waals surface area contributed by atoms with Crippen LogP contribution in [0.15, 0.2) is 52.4 Å². The molecule has 0 atom stereocenters. The van der Waals surface area contributed by atoms with Crippen molar-refractivity contribution in [3.8, 4) is 11.1 Å². The normalized spacial score (nSPS) is 16.2. The summed E-state index contributed by atoms with van der Waals surface area (Å²) in [7, 11) is 0. The van der Waals surface area contributed by atoms with Crippen LogP contribution in [0.25, 0.3) is 11.1 Å². The van der Waals surface area contributed by atoms with Gasteiger partial charge in [-0.25, -0.2) is 4.99 Å². The first-order chi connectivity index (χ1) is 12.3. The van der Waals surface area contributed by atoms with Crippen molar-refractivity contribution in [3.63, 3.8) is 0 Å². The summed E-state index contributed by atoms with van der Waals surface area (Å²) in [5, 5.41) is 2.49. The molecule has 1 aliphatic heterocycles. The number of rotatable bonds is 4. The number of hydrogen-bond donors (Lipinski definition) is 2. The molecule has 0 fully saturated rings. The average molecular weight is 392 g/mol. The maximum Gasteiger partial charge on any atom is 0.226 e. The fourth-order valence-corrected chi connectivity index (χ4v) is 3.24. The molecule has 0 radical (unpaired) electrons. The van der Waals surface area contributed by atoms with E-state index in [9.17, 15) is 0 Å². The number of halogens is 2. The van der Waals surface area contributed by atoms with Gasteiger partial charge in [-0.3, -0.25) is 4.84 Å². The molecule has 0 unspecified atom stereocenters. The number of nitrogens with two attached hydrogens (primary N) is 2. The van der Waals surface area contributed by atoms with Crippen LogP contribution < -0.4 is 11.5 Å². The summed E-state index contributed by atoms with van der Waals surface area (Å²) in [6.07, 6.45) is 0. The third kappa shape index (κ3) is 3.77. The van der Waals surface area contributed by atoms with E-state index >= 15 is 0 Å². The molecule has 2 aromatic rings. The Morgan fingerprint density at radius 1 is 1.08 bits per heavy atom. The molecule has 0 spiro atoms. The zero-order valence-electron chi connectivity index (χ0n) is 14.4. The van der Waals surface area contributed by atoms with E-state index in [0.29, 0.717) is 10.0 Å². The fraction of sp³-hybridized carbons (Fsp3) is 0.222. The summed E-state index contributed by atoms with van der Waals surface area (Å²) < 4.78 is 0. The summed E-state index contributed by atoms with van der Waals surface area (Å²) in [6.45, 7) is 3.81. The van der Waals surface area contributed by atoms with Gasteiger partial charge < -0.3 is 11.5 Å². The minimum atomic E-state index is -0.781. The Balaban J connectivity index is 1.86. The first-order valence-electron chi connectivity index (χ1n) is 7.94. The number of hydroxylamine groups is 2. The van der Waals surface area contributed by atoms with E-state index in [1.165, 1.54) is 5.06 Å². The molecule has 0 saturated heterocycles. The first kappa shape index (κ1) is 18.5. The van der Waals surface area contributed by atoms with Crippen LogP contribution in [-0.2, 0) is 11.4 Å². The van der Waals surface area contributed by atoms with Crippen LogP contribution in [0.1, 0.15) is 19.4 Å². The summed E-state index contributed by atoms with van der Waals surface area (Å²) in [5.74, 6) is 0.249. The average Bonchev–Trinajstić information content (AvgIpc) is 2.55. The third-order valence-electron chi connectivity index (χ3n) is 3.89. The predicted molar refractivity (Wildman–Crippen MR) is 106 cm³/mol. The van der Waals surface area contributed by atoms with Gasteiger partial charge in [0.15, 0.2) is 5.66 Å². The van der Waals surface area contributed by atoms with Gasteiger partial charge in [-0.1, -0.05) is 53.5 Å². The van der Waals surface area contributed by atoms with Crippen molar-refractivity contribution < 1.29 is 4.84 Å². The highest BCUT2D eigenvalue weighted by molar-refractivity contribution is 6.36. The van der Waals surface area contributed by atoms with Gasteiger partial charge in [0.2, 0.25) is 11.9 Å². The summed E-state index contributed by atoms with van der Waals surface area (Å²) >= 11 is 12.7. The van der Waals surface area contributed by atoms with Crippen LogP contribution in [-0.4, -0.2) is 22.6 Å². The van der Waals surface area contributed by atoms with Crippen LogP contribution in [0, 0.1) is 0 Å². The molecule has 3 rings (SSSR count). The molecular formula is C18H19Cl2N5O. The number of hydrogen-bond acceptors (Lipinski definition) is 6. The summed E-state index contributed by atoms with van der Waals surface area (Å²) in [6, 6.07) is 13.4. The smallest absolute Gasteiger partial charge is 0.226 e. The van der Waals surface area contributed by atoms with E-state index < -0.39 is 5.66 Å². The first-order valence-corrected chi connectivity index (χ1v) is 8.69. The van der Waals surface area contributed by atoms with E-state index in [2.05, 4.69) is 9.98 Å². The van der Waals surface area contributed by atoms with Gasteiger partial charge in [0, 0.05) is 15.6 Å². The van der Waals surface area contributed by atoms with Crippen molar-refractivity contribution in [2.75, 3.05) is 0 Å². The standard InChI is InChI=1S/C18H19Cl2N5O/c1-18(2)24-16(21)23-17(22)25(18)26-10-12-8-13(15(20)9-14(12)19)11-6-4-3-5-7-11/h3-9H,10H2,1-2H3,(H4,21,22,23,24). The highest BCUT2D eigenvalue weighted by Gasteiger charge is 2.33. The van der Waals surface area contributed by atoms with Crippen molar-refractivity contribution in [2.45, 2.75) is 26.1 Å². The second-order valence-electron chi connectivity index (χ2n) is 6.29. The van der Waals surface area contributed by atoms with Crippen LogP contribution in [0.4, 0.5) is 0 Å². The Morgan fingerprint density at radius 2 is 1.77 bits per heavy atom. The molecule has 1 heterocycles. The Bertz CT molecular complexity index is 881. The van der Waals surface area contributed by atoms with E-state index in [1.807, 2.05) is 50.2 Å². The highest BCUT2D eigenvalue weighted by Crippen LogP contribution is 2.33. The van der Waals surface area contributed by atoms with Crippen molar-refractivity contribution in [1.82, 2.24) is 5.06 Å². The molecule has 2 aromatic carbocycles. The lowest BCUT2D eigenvalue weighted by Gasteiger charge is -2.36. The SMILES string of the molecule is CC1(C)N=C(N)N=C(N)N1OCc1cc(-c2ccccc2)c(Cl)cc1Cl. The van der Waals surface area contributed by atoms with Crippen LogP contribution in [0.5, 0.6) is 0 Å². The predicted octanol–water partition coefficient (Wildman–Crippen LogP) is 3.77. The molecule has 4 N–H and O–H groups in total. The maximum absolute atomic E-state index is 6.36. The van der Waals surface area contributed by atoms with Gasteiger partial charge in [0.25, 0.3) is 0 Å². The Hall–Kier alpha value is -2.28. The molecule has 0 aliphatic carbocycles. The molecule has 0 aromatic heterocycles. The zero-order chi connectivity index (χ0) is 18.9. The quantitative estimate of drug-likeness (QED) is 0.829. The Kier molecular flexibility index (Phi) is 5.09. The van der Waals surface area contributed by atoms with Gasteiger partial charge in [0.1, 0.15) is 6.61 Å². The second-order valence-corrected chi connectivity index (χ2v) is 7.11. The zero-order valence-corrected chi connectivity index (χ0v) is 15.9. The minimum absolute atomic E-state index is 0.114. The lowest BCUT2D eigenvalue weighted by atomic mass is 10.0. The molecule has 0 amide bonds. The van der Waals surface area contributed by atoms with Crippen LogP contribution in [0.2, 0.25) is 10.0 Å². The molecule has 0 saturated carbocycles. The molecule has 1 aliphatic rings. The van der Waals surface area contributed by atoms with Gasteiger partial charge in [-0.2, -0.15) is 10.1 Å². The number of nitrogens with zero attached hydrogens (tertiary/aromatic N) is 3. The number of guanidine groups is 2. The number of benzene rings is 2. The van der Waals surface area contributed by atoms with Gasteiger partial charge >= 0.3 is 0 Å². The largest absolute Gasteiger partial charge is 0.368 e. The van der Waals surface area contributed by atoms with Crippen molar-refractivity contribution in [1.29, 1.82) is 0 Å². The molecule has 8 heteroatoms. The van der Waals surface area contributed by atoms with Crippen LogP contribution in [0.3, 0.4) is 0 Å². The number of aliphatic imine (C=N–C) groups is 2. The molecular weight excluding hydrogens is 373 g/mol. The van der Waals surface area contributed by atoms with Crippen molar-refractivity contribution in [3.05, 3.63) is 58.1 Å². The lowest BCUT2D eigenvalue weighted by Crippen LogP contribution is -2.53. The Labute approximate surface area is 162 Å². The maximum atomic E-state index is 6.36. The molecule has 0 bridgehead atoms. The molecule has 136 valence electrons. The molecule has 6 nitrogen and oxygen atoms in total. The summed E-state index contributed by atoms with van der Waals surface area (Å²) in [4.78, 5) is 14.0. The summed E-state index contributed by atoms with van der Waals surface area (Å²) in [5.41, 5.74) is 13.4. The van der Waals surface area contributed by atoms with Crippen LogP contribution >= 0.6 is 23.2 Å². The van der Waals surface area contributed by atoms with E-state index in [4.69, 9.17) is 39.5 Å².